The third-order valence-electron chi connectivity index (χ3n) is 5.85. The van der Waals surface area contributed by atoms with Crippen LogP contribution in [0, 0.1) is 0 Å². The molecule has 0 unspecified atom stereocenters. The molecular formula is C28H32N4O4S. The van der Waals surface area contributed by atoms with E-state index >= 15 is 0 Å². The summed E-state index contributed by atoms with van der Waals surface area (Å²) < 4.78 is 6.52. The first-order valence-electron chi connectivity index (χ1n) is 12.2. The quantitative estimate of drug-likeness (QED) is 0.540. The first kappa shape index (κ1) is 26.2. The summed E-state index contributed by atoms with van der Waals surface area (Å²) in [6, 6.07) is 15.3. The number of H-pyrrole nitrogens is 1. The van der Waals surface area contributed by atoms with Crippen molar-refractivity contribution in [2.24, 2.45) is 0 Å². The number of nitrogens with zero attached hydrogens (tertiary/aromatic N) is 2. The number of amides is 2. The summed E-state index contributed by atoms with van der Waals surface area (Å²) in [7, 11) is 0. The van der Waals surface area contributed by atoms with Crippen LogP contribution in [0.25, 0.3) is 12.7 Å². The molecule has 0 aliphatic carbocycles. The van der Waals surface area contributed by atoms with Gasteiger partial charge < -0.3 is 24.8 Å². The van der Waals surface area contributed by atoms with Crippen molar-refractivity contribution in [3.63, 3.8) is 0 Å². The lowest BCUT2D eigenvalue weighted by Gasteiger charge is -2.37. The van der Waals surface area contributed by atoms with Gasteiger partial charge in [-0.25, -0.2) is 4.79 Å². The molecule has 3 aromatic rings. The average Bonchev–Trinajstić information content (AvgIpc) is 3.18. The lowest BCUT2D eigenvalue weighted by atomic mass is 10.1. The fourth-order valence-electron chi connectivity index (χ4n) is 4.16. The van der Waals surface area contributed by atoms with Gasteiger partial charge >= 0.3 is 6.09 Å². The Hall–Kier alpha value is -3.85. The van der Waals surface area contributed by atoms with Gasteiger partial charge in [0.15, 0.2) is 0 Å². The zero-order valence-corrected chi connectivity index (χ0v) is 22.2. The maximum Gasteiger partial charge on any atom is 0.407 e. The number of benzene rings is 2. The van der Waals surface area contributed by atoms with Crippen LogP contribution in [0.4, 0.5) is 10.5 Å². The minimum Gasteiger partial charge on any atom is -0.444 e. The monoisotopic (exact) mass is 520 g/mol. The van der Waals surface area contributed by atoms with Crippen molar-refractivity contribution in [2.45, 2.75) is 32.9 Å². The van der Waals surface area contributed by atoms with Crippen LogP contribution in [0.15, 0.2) is 53.3 Å². The minimum absolute atomic E-state index is 0.0355. The van der Waals surface area contributed by atoms with Crippen LogP contribution in [0.5, 0.6) is 0 Å². The molecule has 1 saturated heterocycles. The fourth-order valence-corrected chi connectivity index (χ4v) is 4.90. The van der Waals surface area contributed by atoms with E-state index in [1.807, 2.05) is 74.2 Å². The Labute approximate surface area is 219 Å². The van der Waals surface area contributed by atoms with E-state index in [-0.39, 0.29) is 18.0 Å². The Balaban J connectivity index is 1.40. The predicted octanol–water partition coefficient (Wildman–Crippen LogP) is 2.66. The second-order valence-corrected chi connectivity index (χ2v) is 11.0. The van der Waals surface area contributed by atoms with Gasteiger partial charge in [-0.2, -0.15) is 0 Å². The SMILES string of the molecule is C=c1[nH]c(=O)/c(=C/c2ccccc2N2CCN(C(=O)c3cccc(CNC(=O)OC(C)(C)C)c3)CC2)s1. The van der Waals surface area contributed by atoms with Gasteiger partial charge in [-0.3, -0.25) is 9.59 Å². The Morgan fingerprint density at radius 1 is 1.11 bits per heavy atom. The molecule has 4 rings (SSSR count). The van der Waals surface area contributed by atoms with E-state index in [2.05, 4.69) is 21.8 Å². The van der Waals surface area contributed by atoms with Crippen molar-refractivity contribution in [1.29, 1.82) is 0 Å². The number of ether oxygens (including phenoxy) is 1. The van der Waals surface area contributed by atoms with Crippen LogP contribution in [0.3, 0.4) is 0 Å². The zero-order chi connectivity index (χ0) is 26.6. The third kappa shape index (κ3) is 6.89. The number of nitrogens with one attached hydrogen (secondary N) is 2. The van der Waals surface area contributed by atoms with E-state index < -0.39 is 11.7 Å². The van der Waals surface area contributed by atoms with Gasteiger partial charge in [-0.05, 0) is 56.2 Å². The van der Waals surface area contributed by atoms with Crippen LogP contribution < -0.4 is 25.0 Å². The molecule has 0 bridgehead atoms. The van der Waals surface area contributed by atoms with Crippen molar-refractivity contribution in [1.82, 2.24) is 15.2 Å². The highest BCUT2D eigenvalue weighted by atomic mass is 32.1. The van der Waals surface area contributed by atoms with Crippen LogP contribution in [-0.4, -0.2) is 53.7 Å². The molecule has 0 saturated carbocycles. The molecule has 0 atom stereocenters. The second-order valence-electron chi connectivity index (χ2n) is 9.88. The predicted molar refractivity (Wildman–Crippen MR) is 147 cm³/mol. The number of carbonyl (C=O) groups is 2. The maximum atomic E-state index is 13.2. The summed E-state index contributed by atoms with van der Waals surface area (Å²) in [5, 5.41) is 2.73. The molecule has 2 heterocycles. The van der Waals surface area contributed by atoms with E-state index in [0.717, 1.165) is 16.8 Å². The van der Waals surface area contributed by atoms with Gasteiger partial charge in [-0.1, -0.05) is 36.9 Å². The van der Waals surface area contributed by atoms with Crippen molar-refractivity contribution < 1.29 is 14.3 Å². The van der Waals surface area contributed by atoms with Gasteiger partial charge in [0.25, 0.3) is 11.5 Å². The number of hydrogen-bond acceptors (Lipinski definition) is 6. The van der Waals surface area contributed by atoms with Crippen LogP contribution >= 0.6 is 11.3 Å². The van der Waals surface area contributed by atoms with Gasteiger partial charge in [-0.15, -0.1) is 11.3 Å². The van der Waals surface area contributed by atoms with Gasteiger partial charge in [0.05, 0.1) is 9.20 Å². The first-order chi connectivity index (χ1) is 17.6. The first-order valence-corrected chi connectivity index (χ1v) is 13.0. The highest BCUT2D eigenvalue weighted by Crippen LogP contribution is 2.23. The van der Waals surface area contributed by atoms with Gasteiger partial charge in [0.2, 0.25) is 0 Å². The van der Waals surface area contributed by atoms with Crippen LogP contribution in [-0.2, 0) is 11.3 Å². The van der Waals surface area contributed by atoms with E-state index in [4.69, 9.17) is 4.74 Å². The number of carbonyl (C=O) groups excluding carboxylic acids is 2. The fraction of sp³-hybridized carbons (Fsp3) is 0.321. The normalized spacial score (nSPS) is 14.5. The zero-order valence-electron chi connectivity index (χ0n) is 21.4. The Morgan fingerprint density at radius 3 is 2.51 bits per heavy atom. The molecule has 2 amide bonds. The molecule has 37 heavy (non-hydrogen) atoms. The third-order valence-corrected chi connectivity index (χ3v) is 6.72. The van der Waals surface area contributed by atoms with Crippen molar-refractivity contribution >= 4 is 41.7 Å². The molecule has 9 heteroatoms. The summed E-state index contributed by atoms with van der Waals surface area (Å²) in [5.74, 6) is -0.0355. The van der Waals surface area contributed by atoms with Gasteiger partial charge in [0, 0.05) is 44.0 Å². The molecular weight excluding hydrogens is 488 g/mol. The number of rotatable bonds is 5. The van der Waals surface area contributed by atoms with Crippen LogP contribution in [0.2, 0.25) is 0 Å². The Morgan fingerprint density at radius 2 is 1.84 bits per heavy atom. The number of aromatic nitrogens is 1. The maximum absolute atomic E-state index is 13.2. The molecule has 0 spiro atoms. The van der Waals surface area contributed by atoms with E-state index in [1.54, 1.807) is 6.07 Å². The highest BCUT2D eigenvalue weighted by molar-refractivity contribution is 7.07. The molecule has 2 aromatic carbocycles. The second kappa shape index (κ2) is 11.0. The molecule has 8 nitrogen and oxygen atoms in total. The average molecular weight is 521 g/mol. The standard InChI is InChI=1S/C28H32N4O4S/c1-19-30-25(33)24(37-19)17-21-9-5-6-11-23(21)31-12-14-32(15-13-31)26(34)22-10-7-8-20(16-22)18-29-27(35)36-28(2,3)4/h5-11,16-17H,1,12-15,18H2,2-4H3,(H,29,35)(H,30,33)/b24-17-. The van der Waals surface area contributed by atoms with E-state index in [0.29, 0.717) is 40.9 Å². The molecule has 194 valence electrons. The topological polar surface area (TPSA) is 94.7 Å². The number of anilines is 1. The van der Waals surface area contributed by atoms with Crippen molar-refractivity contribution in [2.75, 3.05) is 31.1 Å². The number of thiazole rings is 1. The molecule has 1 fully saturated rings. The number of piperazine rings is 1. The summed E-state index contributed by atoms with van der Waals surface area (Å²) in [6.45, 7) is 12.0. The smallest absolute Gasteiger partial charge is 0.407 e. The van der Waals surface area contributed by atoms with Gasteiger partial charge in [0.1, 0.15) is 5.60 Å². The summed E-state index contributed by atoms with van der Waals surface area (Å²) in [6.07, 6.45) is 1.40. The molecule has 2 N–H and O–H groups in total. The Bertz CT molecular complexity index is 1450. The summed E-state index contributed by atoms with van der Waals surface area (Å²) in [4.78, 5) is 44.1. The van der Waals surface area contributed by atoms with Crippen LogP contribution in [0.1, 0.15) is 42.3 Å². The summed E-state index contributed by atoms with van der Waals surface area (Å²) in [5.41, 5.74) is 2.70. The lowest BCUT2D eigenvalue weighted by molar-refractivity contribution is 0.0523. The van der Waals surface area contributed by atoms with Crippen molar-refractivity contribution in [3.8, 4) is 0 Å². The molecule has 1 aliphatic heterocycles. The number of hydrogen-bond donors (Lipinski definition) is 2. The highest BCUT2D eigenvalue weighted by Gasteiger charge is 2.23. The summed E-state index contributed by atoms with van der Waals surface area (Å²) >= 11 is 1.34. The Kier molecular flexibility index (Phi) is 7.83. The molecule has 1 aliphatic rings. The van der Waals surface area contributed by atoms with E-state index in [1.165, 1.54) is 11.3 Å². The molecule has 0 radical (unpaired) electrons. The number of para-hydroxylation sites is 1. The van der Waals surface area contributed by atoms with Crippen molar-refractivity contribution in [3.05, 3.63) is 84.8 Å². The molecule has 1 aromatic heterocycles. The minimum atomic E-state index is -0.569. The van der Waals surface area contributed by atoms with E-state index in [9.17, 15) is 14.4 Å². The largest absolute Gasteiger partial charge is 0.444 e. The number of aromatic amines is 1. The lowest BCUT2D eigenvalue weighted by Crippen LogP contribution is -2.49. The number of alkyl carbamates (subject to hydrolysis) is 1.